The first-order valence-electron chi connectivity index (χ1n) is 10.7. The van der Waals surface area contributed by atoms with Gasteiger partial charge in [-0.3, -0.25) is 0 Å². The number of nitrogens with one attached hydrogen (secondary N) is 1. The highest BCUT2D eigenvalue weighted by Crippen LogP contribution is 2.32. The van der Waals surface area contributed by atoms with Crippen molar-refractivity contribution in [3.63, 3.8) is 0 Å². The third-order valence-corrected chi connectivity index (χ3v) is 5.84. The monoisotopic (exact) mass is 480 g/mol. The van der Waals surface area contributed by atoms with Crippen molar-refractivity contribution >= 4 is 56.6 Å². The van der Waals surface area contributed by atoms with E-state index in [4.69, 9.17) is 26.4 Å². The summed E-state index contributed by atoms with van der Waals surface area (Å²) in [5.74, 6) is 1.05. The van der Waals surface area contributed by atoms with E-state index in [-0.39, 0.29) is 5.95 Å². The van der Waals surface area contributed by atoms with Crippen molar-refractivity contribution in [2.75, 3.05) is 12.5 Å². The number of fused-ring (bicyclic) bond motifs is 6. The number of rotatable bonds is 5. The molecule has 170 valence electrons. The van der Waals surface area contributed by atoms with Crippen molar-refractivity contribution < 1.29 is 4.74 Å². The molecule has 0 spiro atoms. The molecule has 0 aliphatic carbocycles. The number of ether oxygens (including phenoxy) is 1. The van der Waals surface area contributed by atoms with Crippen LogP contribution in [0.5, 0.6) is 5.75 Å². The summed E-state index contributed by atoms with van der Waals surface area (Å²) in [4.78, 5) is 6.21. The van der Waals surface area contributed by atoms with Crippen molar-refractivity contribution in [3.8, 4) is 11.4 Å². The first-order chi connectivity index (χ1) is 17.2. The van der Waals surface area contributed by atoms with E-state index >= 15 is 0 Å². The zero-order valence-electron chi connectivity index (χ0n) is 18.4. The molecule has 0 unspecified atom stereocenters. The summed E-state index contributed by atoms with van der Waals surface area (Å²) in [6, 6.07) is 22.8. The molecule has 9 nitrogen and oxygen atoms in total. The van der Waals surface area contributed by atoms with E-state index in [0.717, 1.165) is 22.1 Å². The Morgan fingerprint density at radius 1 is 0.829 bits per heavy atom. The lowest BCUT2D eigenvalue weighted by Crippen LogP contribution is -2.01. The first kappa shape index (κ1) is 20.9. The van der Waals surface area contributed by atoms with E-state index in [1.54, 1.807) is 19.4 Å². The topological polar surface area (TPSA) is 103 Å². The van der Waals surface area contributed by atoms with Crippen molar-refractivity contribution in [1.29, 1.82) is 0 Å². The average molecular weight is 481 g/mol. The molecule has 0 radical (unpaired) electrons. The Kier molecular flexibility index (Phi) is 5.16. The smallest absolute Gasteiger partial charge is 0.263 e. The Labute approximate surface area is 204 Å². The number of aromatic nitrogens is 6. The van der Waals surface area contributed by atoms with Gasteiger partial charge in [0.2, 0.25) is 0 Å². The molecular formula is C25H17ClN8O. The molecule has 10 heteroatoms. The third kappa shape index (κ3) is 3.77. The number of nitrogens with zero attached hydrogens (tertiary/aromatic N) is 7. The van der Waals surface area contributed by atoms with Crippen LogP contribution < -0.4 is 10.2 Å². The SMILES string of the molecule is COc1ccc(/C=N/Nc2nnc3c(n2)c2ccccc2c2nn(-c4ccccc4Cl)nc23)cc1. The summed E-state index contributed by atoms with van der Waals surface area (Å²) in [5.41, 5.74) is 6.91. The Hall–Kier alpha value is -4.63. The van der Waals surface area contributed by atoms with Crippen LogP contribution in [0.1, 0.15) is 5.56 Å². The van der Waals surface area contributed by atoms with Gasteiger partial charge in [0.25, 0.3) is 5.95 Å². The van der Waals surface area contributed by atoms with E-state index < -0.39 is 0 Å². The standard InChI is InChI=1S/C25H17ClN8O/c1-35-16-12-10-15(11-13-16)14-27-30-25-28-21-17-6-2-3-7-18(17)22-24(23(21)29-31-25)33-34(32-22)20-9-5-4-8-19(20)26/h2-14H,1H3,(H,28,30,31)/b27-14+. The van der Waals surface area contributed by atoms with E-state index in [2.05, 4.69) is 25.8 Å². The van der Waals surface area contributed by atoms with E-state index in [0.29, 0.717) is 32.8 Å². The van der Waals surface area contributed by atoms with Crippen LogP contribution in [0.2, 0.25) is 5.02 Å². The molecule has 0 atom stereocenters. The third-order valence-electron chi connectivity index (χ3n) is 5.52. The fraction of sp³-hybridized carbons (Fsp3) is 0.0400. The van der Waals surface area contributed by atoms with E-state index in [9.17, 15) is 0 Å². The molecule has 1 N–H and O–H groups in total. The molecule has 0 saturated heterocycles. The summed E-state index contributed by atoms with van der Waals surface area (Å²) in [5, 5.41) is 24.6. The molecule has 35 heavy (non-hydrogen) atoms. The molecule has 2 aromatic heterocycles. The fourth-order valence-electron chi connectivity index (χ4n) is 3.84. The predicted octanol–water partition coefficient (Wildman–Crippen LogP) is 5.02. The molecule has 0 aliphatic rings. The lowest BCUT2D eigenvalue weighted by atomic mass is 10.1. The van der Waals surface area contributed by atoms with Gasteiger partial charge in [0.05, 0.1) is 18.3 Å². The van der Waals surface area contributed by atoms with Gasteiger partial charge in [-0.2, -0.15) is 5.10 Å². The molecule has 6 aromatic rings. The van der Waals surface area contributed by atoms with Gasteiger partial charge >= 0.3 is 0 Å². The van der Waals surface area contributed by atoms with Gasteiger partial charge in [0.15, 0.2) is 0 Å². The zero-order chi connectivity index (χ0) is 23.8. The van der Waals surface area contributed by atoms with Gasteiger partial charge in [-0.1, -0.05) is 48.0 Å². The highest BCUT2D eigenvalue weighted by molar-refractivity contribution is 6.32. The minimum absolute atomic E-state index is 0.269. The van der Waals surface area contributed by atoms with E-state index in [1.807, 2.05) is 66.7 Å². The molecule has 6 rings (SSSR count). The second-order valence-corrected chi connectivity index (χ2v) is 8.07. The van der Waals surface area contributed by atoms with Crippen LogP contribution >= 0.6 is 11.6 Å². The Morgan fingerprint density at radius 3 is 2.31 bits per heavy atom. The highest BCUT2D eigenvalue weighted by atomic mass is 35.5. The van der Waals surface area contributed by atoms with Gasteiger partial charge in [-0.25, -0.2) is 10.4 Å². The van der Waals surface area contributed by atoms with E-state index in [1.165, 1.54) is 4.80 Å². The van der Waals surface area contributed by atoms with Crippen LogP contribution in [-0.4, -0.2) is 43.5 Å². The predicted molar refractivity (Wildman–Crippen MR) is 136 cm³/mol. The maximum absolute atomic E-state index is 6.38. The number of hydrogen-bond acceptors (Lipinski definition) is 8. The van der Waals surface area contributed by atoms with Gasteiger partial charge in [0.1, 0.15) is 33.5 Å². The first-order valence-corrected chi connectivity index (χ1v) is 11.1. The number of halogens is 1. The molecule has 4 aromatic carbocycles. The summed E-state index contributed by atoms with van der Waals surface area (Å²) < 4.78 is 5.18. The van der Waals surface area contributed by atoms with Crippen molar-refractivity contribution in [3.05, 3.63) is 83.4 Å². The largest absolute Gasteiger partial charge is 0.497 e. The molecule has 0 fully saturated rings. The fourth-order valence-corrected chi connectivity index (χ4v) is 4.05. The van der Waals surface area contributed by atoms with Gasteiger partial charge < -0.3 is 4.74 Å². The molecule has 0 aliphatic heterocycles. The maximum atomic E-state index is 6.38. The minimum atomic E-state index is 0.269. The lowest BCUT2D eigenvalue weighted by molar-refractivity contribution is 0.415. The summed E-state index contributed by atoms with van der Waals surface area (Å²) >= 11 is 6.38. The lowest BCUT2D eigenvalue weighted by Gasteiger charge is -2.04. The van der Waals surface area contributed by atoms with Crippen LogP contribution in [0, 0.1) is 0 Å². The zero-order valence-corrected chi connectivity index (χ0v) is 19.2. The molecule has 0 saturated carbocycles. The summed E-state index contributed by atoms with van der Waals surface area (Å²) in [6.45, 7) is 0. The number of para-hydroxylation sites is 1. The van der Waals surface area contributed by atoms with Gasteiger partial charge in [-0.15, -0.1) is 25.2 Å². The van der Waals surface area contributed by atoms with Crippen molar-refractivity contribution in [2.45, 2.75) is 0 Å². The second-order valence-electron chi connectivity index (χ2n) is 7.66. The Balaban J connectivity index is 1.44. The normalized spacial score (nSPS) is 11.6. The summed E-state index contributed by atoms with van der Waals surface area (Å²) in [6.07, 6.45) is 1.67. The Morgan fingerprint density at radius 2 is 1.54 bits per heavy atom. The van der Waals surface area contributed by atoms with Crippen LogP contribution in [-0.2, 0) is 0 Å². The number of hydrogen-bond donors (Lipinski definition) is 1. The Bertz CT molecular complexity index is 1730. The molecule has 2 heterocycles. The van der Waals surface area contributed by atoms with Crippen molar-refractivity contribution in [1.82, 2.24) is 30.2 Å². The molecule has 0 amide bonds. The summed E-state index contributed by atoms with van der Waals surface area (Å²) in [7, 11) is 1.63. The van der Waals surface area contributed by atoms with Gasteiger partial charge in [0, 0.05) is 10.8 Å². The number of anilines is 1. The van der Waals surface area contributed by atoms with Crippen molar-refractivity contribution in [2.24, 2.45) is 5.10 Å². The number of methoxy groups -OCH3 is 1. The molecular weight excluding hydrogens is 464 g/mol. The van der Waals surface area contributed by atoms with Gasteiger partial charge in [-0.05, 0) is 42.0 Å². The quantitative estimate of drug-likeness (QED) is 0.210. The van der Waals surface area contributed by atoms with Crippen LogP contribution in [0.25, 0.3) is 38.5 Å². The second kappa shape index (κ2) is 8.62. The van der Waals surface area contributed by atoms with Crippen LogP contribution in [0.4, 0.5) is 5.95 Å². The highest BCUT2D eigenvalue weighted by Gasteiger charge is 2.18. The number of hydrazone groups is 1. The van der Waals surface area contributed by atoms with Crippen LogP contribution in [0.3, 0.4) is 0 Å². The molecule has 0 bridgehead atoms. The average Bonchev–Trinajstić information content (AvgIpc) is 3.35. The maximum Gasteiger partial charge on any atom is 0.263 e. The number of benzene rings is 4. The van der Waals surface area contributed by atoms with Crippen LogP contribution in [0.15, 0.2) is 77.9 Å². The minimum Gasteiger partial charge on any atom is -0.497 e.